The van der Waals surface area contributed by atoms with E-state index in [1.54, 1.807) is 12.1 Å². The molecule has 5 atom stereocenters. The second kappa shape index (κ2) is 12.3. The van der Waals surface area contributed by atoms with E-state index in [9.17, 15) is 27.2 Å². The molecule has 2 aliphatic carbocycles. The van der Waals surface area contributed by atoms with Crippen LogP contribution in [0.25, 0.3) is 33.0 Å². The number of ether oxygens (including phenoxy) is 1. The summed E-state index contributed by atoms with van der Waals surface area (Å²) in [5, 5.41) is 3.36. The van der Waals surface area contributed by atoms with Gasteiger partial charge in [-0.2, -0.15) is 0 Å². The van der Waals surface area contributed by atoms with Crippen LogP contribution >= 0.6 is 0 Å². The number of hydrogen-bond acceptors (Lipinski definition) is 9. The van der Waals surface area contributed by atoms with Crippen molar-refractivity contribution in [1.82, 2.24) is 19.9 Å². The molecular weight excluding hydrogens is 665 g/mol. The van der Waals surface area contributed by atoms with Gasteiger partial charge in [0, 0.05) is 23.1 Å². The minimum absolute atomic E-state index is 0.00986. The van der Waals surface area contributed by atoms with Crippen LogP contribution in [-0.2, 0) is 24.4 Å². The van der Waals surface area contributed by atoms with Crippen molar-refractivity contribution >= 4 is 60.7 Å². The standard InChI is InChI=1S/C36H38FN5O7S/c37-21-12-15-27-25(16-21)31(32-30(39-27)24-9-6-7-11-29(24)49-32)48-22-17-28-33(43)40-36(35(45)41-50(46,47)23-13-14-23)18-20(36)8-4-2-1-3-5-10-26(38)34(44)42(28)19-22/h4,6-9,11-12,15-16,20,22-23,26,28H,1-3,5,10,13-14,17-19,38H2,(H,40,43)(H,41,45)/b8-4-/t20-,22-,26+,28+,36-/m1/s1. The second-order valence-corrected chi connectivity index (χ2v) is 15.9. The Morgan fingerprint density at radius 3 is 2.74 bits per heavy atom. The van der Waals surface area contributed by atoms with E-state index in [1.165, 1.54) is 17.0 Å². The highest BCUT2D eigenvalue weighted by Crippen LogP contribution is 2.46. The highest BCUT2D eigenvalue weighted by Gasteiger charge is 2.62. The Bertz CT molecular complexity index is 2180. The maximum Gasteiger partial charge on any atom is 0.259 e. The lowest BCUT2D eigenvalue weighted by Crippen LogP contribution is -2.57. The Hall–Kier alpha value is -4.56. The minimum atomic E-state index is -3.87. The van der Waals surface area contributed by atoms with Crippen molar-refractivity contribution in [2.24, 2.45) is 11.7 Å². The van der Waals surface area contributed by atoms with Crippen molar-refractivity contribution in [2.45, 2.75) is 86.8 Å². The molecule has 1 saturated heterocycles. The molecule has 4 aliphatic rings. The van der Waals surface area contributed by atoms with Crippen LogP contribution in [0.2, 0.25) is 0 Å². The molecule has 12 nitrogen and oxygen atoms in total. The molecule has 2 aromatic heterocycles. The first kappa shape index (κ1) is 32.6. The van der Waals surface area contributed by atoms with E-state index in [0.717, 1.165) is 31.1 Å². The molecule has 2 aromatic carbocycles. The Balaban J connectivity index is 1.14. The number of rotatable bonds is 5. The van der Waals surface area contributed by atoms with Gasteiger partial charge in [0.25, 0.3) is 5.91 Å². The number of nitrogens with one attached hydrogen (secondary N) is 2. The van der Waals surface area contributed by atoms with E-state index in [0.29, 0.717) is 46.8 Å². The highest BCUT2D eigenvalue weighted by atomic mass is 32.2. The summed E-state index contributed by atoms with van der Waals surface area (Å²) in [5.74, 6) is -2.49. The van der Waals surface area contributed by atoms with E-state index in [2.05, 4.69) is 10.0 Å². The van der Waals surface area contributed by atoms with Crippen LogP contribution in [-0.4, -0.2) is 71.5 Å². The maximum absolute atomic E-state index is 14.6. The fourth-order valence-electron chi connectivity index (χ4n) is 7.35. The van der Waals surface area contributed by atoms with Gasteiger partial charge in [0.2, 0.25) is 21.8 Å². The van der Waals surface area contributed by atoms with E-state index in [-0.39, 0.29) is 25.1 Å². The summed E-state index contributed by atoms with van der Waals surface area (Å²) in [6.45, 7) is -0.00986. The first-order valence-electron chi connectivity index (χ1n) is 17.2. The summed E-state index contributed by atoms with van der Waals surface area (Å²) in [4.78, 5) is 47.8. The molecule has 8 rings (SSSR count). The molecule has 0 bridgehead atoms. The van der Waals surface area contributed by atoms with Gasteiger partial charge >= 0.3 is 0 Å². The number of aromatic nitrogens is 1. The minimum Gasteiger partial charge on any atom is -0.484 e. The molecule has 0 unspecified atom stereocenters. The largest absolute Gasteiger partial charge is 0.484 e. The molecule has 0 spiro atoms. The van der Waals surface area contributed by atoms with Gasteiger partial charge in [0.1, 0.15) is 34.6 Å². The zero-order valence-corrected chi connectivity index (χ0v) is 28.1. The first-order chi connectivity index (χ1) is 24.0. The molecule has 4 heterocycles. The average molecular weight is 704 g/mol. The van der Waals surface area contributed by atoms with Gasteiger partial charge in [-0.3, -0.25) is 19.1 Å². The van der Waals surface area contributed by atoms with Crippen molar-refractivity contribution in [2.75, 3.05) is 6.54 Å². The van der Waals surface area contributed by atoms with Crippen LogP contribution in [0, 0.1) is 11.7 Å². The third-order valence-electron chi connectivity index (χ3n) is 10.4. The number of hydrogen-bond donors (Lipinski definition) is 3. The van der Waals surface area contributed by atoms with Crippen LogP contribution in [0.3, 0.4) is 0 Å². The Morgan fingerprint density at radius 1 is 1.10 bits per heavy atom. The Morgan fingerprint density at radius 2 is 1.92 bits per heavy atom. The monoisotopic (exact) mass is 703 g/mol. The van der Waals surface area contributed by atoms with Gasteiger partial charge < -0.3 is 25.1 Å². The lowest BCUT2D eigenvalue weighted by atomic mass is 10.1. The Kier molecular flexibility index (Phi) is 8.05. The van der Waals surface area contributed by atoms with Crippen LogP contribution < -0.4 is 20.5 Å². The molecule has 2 saturated carbocycles. The Labute approximate surface area is 287 Å². The number of allylic oxidation sites excluding steroid dienone is 1. The van der Waals surface area contributed by atoms with Gasteiger partial charge in [0.05, 0.1) is 23.4 Å². The molecule has 3 amide bonds. The van der Waals surface area contributed by atoms with Crippen LogP contribution in [0.4, 0.5) is 4.39 Å². The molecular formula is C36H38FN5O7S. The molecule has 4 aromatic rings. The molecule has 14 heteroatoms. The molecule has 3 fully saturated rings. The van der Waals surface area contributed by atoms with Crippen molar-refractivity contribution in [3.63, 3.8) is 0 Å². The number of nitrogens with zero attached hydrogens (tertiary/aromatic N) is 2. The van der Waals surface area contributed by atoms with Gasteiger partial charge in [-0.05, 0) is 68.9 Å². The number of fused-ring (bicyclic) bond motifs is 6. The smallest absolute Gasteiger partial charge is 0.259 e. The summed E-state index contributed by atoms with van der Waals surface area (Å²) in [5.41, 5.74) is 6.80. The number of sulfonamides is 1. The quantitative estimate of drug-likeness (QED) is 0.260. The lowest BCUT2D eigenvalue weighted by molar-refractivity contribution is -0.140. The average Bonchev–Trinajstić information content (AvgIpc) is 3.99. The van der Waals surface area contributed by atoms with E-state index in [1.807, 2.05) is 30.4 Å². The van der Waals surface area contributed by atoms with Crippen molar-refractivity contribution in [3.05, 3.63) is 60.4 Å². The number of carbonyl (C=O) groups excluding carboxylic acids is 3. The molecule has 4 N–H and O–H groups in total. The number of nitrogens with two attached hydrogens (primary N) is 1. The predicted octanol–water partition coefficient (Wildman–Crippen LogP) is 3.95. The number of furan rings is 1. The third kappa shape index (κ3) is 5.87. The second-order valence-electron chi connectivity index (χ2n) is 14.0. The number of carbonyl (C=O) groups is 3. The summed E-state index contributed by atoms with van der Waals surface area (Å²) >= 11 is 0. The molecule has 0 radical (unpaired) electrons. The normalized spacial score (nSPS) is 28.4. The van der Waals surface area contributed by atoms with Gasteiger partial charge in [-0.15, -0.1) is 0 Å². The zero-order valence-electron chi connectivity index (χ0n) is 27.3. The summed E-state index contributed by atoms with van der Waals surface area (Å²) in [6, 6.07) is 9.59. The SMILES string of the molecule is N[C@H]1CCCCC/C=C\[C@@H]2C[C@@]2(C(=O)NS(=O)(=O)C2CC2)NC(=O)[C@@H]2C[C@@H](Oc3c4cc(F)ccc4nc4c3oc3ccccc34)CN2C1=O. The highest BCUT2D eigenvalue weighted by molar-refractivity contribution is 7.91. The lowest BCUT2D eigenvalue weighted by Gasteiger charge is -2.28. The number of pyridine rings is 1. The van der Waals surface area contributed by atoms with Gasteiger partial charge in [-0.25, -0.2) is 17.8 Å². The zero-order chi connectivity index (χ0) is 34.8. The number of benzene rings is 2. The first-order valence-corrected chi connectivity index (χ1v) is 18.8. The number of para-hydroxylation sites is 1. The topological polar surface area (TPSA) is 174 Å². The summed E-state index contributed by atoms with van der Waals surface area (Å²) in [7, 11) is -3.87. The van der Waals surface area contributed by atoms with Crippen LogP contribution in [0.1, 0.15) is 57.8 Å². The van der Waals surface area contributed by atoms with Gasteiger partial charge in [0.15, 0.2) is 11.3 Å². The predicted molar refractivity (Wildman–Crippen MR) is 183 cm³/mol. The number of halogens is 1. The fraction of sp³-hybridized carbons (Fsp3) is 0.444. The van der Waals surface area contributed by atoms with E-state index in [4.69, 9.17) is 19.9 Å². The molecule has 50 heavy (non-hydrogen) atoms. The van der Waals surface area contributed by atoms with Crippen LogP contribution in [0.15, 0.2) is 59.0 Å². The molecule has 2 aliphatic heterocycles. The maximum atomic E-state index is 14.6. The van der Waals surface area contributed by atoms with E-state index < -0.39 is 68.5 Å². The van der Waals surface area contributed by atoms with Crippen molar-refractivity contribution in [1.29, 1.82) is 0 Å². The fourth-order valence-corrected chi connectivity index (χ4v) is 8.72. The van der Waals surface area contributed by atoms with E-state index >= 15 is 0 Å². The van der Waals surface area contributed by atoms with Gasteiger partial charge in [-0.1, -0.05) is 37.1 Å². The van der Waals surface area contributed by atoms with Crippen molar-refractivity contribution < 1.29 is 36.3 Å². The summed E-state index contributed by atoms with van der Waals surface area (Å²) in [6.07, 6.45) is 7.87. The van der Waals surface area contributed by atoms with Crippen molar-refractivity contribution in [3.8, 4) is 5.75 Å². The van der Waals surface area contributed by atoms with Crippen LogP contribution in [0.5, 0.6) is 5.75 Å². The number of amides is 3. The third-order valence-corrected chi connectivity index (χ3v) is 12.2. The summed E-state index contributed by atoms with van der Waals surface area (Å²) < 4.78 is 55.1. The molecule has 262 valence electrons.